The summed E-state index contributed by atoms with van der Waals surface area (Å²) in [4.78, 5) is 22.8. The number of anilines is 1. The Morgan fingerprint density at radius 2 is 2.17 bits per heavy atom. The molecule has 3 N–H and O–H groups in total. The van der Waals surface area contributed by atoms with Crippen molar-refractivity contribution < 1.29 is 14.7 Å². The Labute approximate surface area is 109 Å². The van der Waals surface area contributed by atoms with Crippen molar-refractivity contribution in [3.05, 3.63) is 11.3 Å². The van der Waals surface area contributed by atoms with E-state index in [2.05, 4.69) is 15.0 Å². The van der Waals surface area contributed by atoms with Crippen LogP contribution < -0.4 is 10.6 Å². The van der Waals surface area contributed by atoms with Gasteiger partial charge < -0.3 is 15.7 Å². The predicted molar refractivity (Wildman–Crippen MR) is 68.1 cm³/mol. The molecule has 98 valence electrons. The van der Waals surface area contributed by atoms with E-state index in [4.69, 9.17) is 5.11 Å². The molecule has 1 aromatic rings. The van der Waals surface area contributed by atoms with Crippen LogP contribution in [0.4, 0.5) is 5.00 Å². The molecule has 0 aromatic carbocycles. The van der Waals surface area contributed by atoms with Crippen molar-refractivity contribution in [1.82, 2.24) is 9.69 Å². The highest BCUT2D eigenvalue weighted by Gasteiger charge is 2.27. The summed E-state index contributed by atoms with van der Waals surface area (Å²) in [5.41, 5.74) is 0.607. The summed E-state index contributed by atoms with van der Waals surface area (Å²) in [6.07, 6.45) is 2.05. The number of nitrogens with one attached hydrogen (secondary N) is 2. The van der Waals surface area contributed by atoms with Crippen LogP contribution in [0, 0.1) is 6.92 Å². The van der Waals surface area contributed by atoms with Crippen LogP contribution in [-0.2, 0) is 4.79 Å². The molecule has 1 aromatic heterocycles. The maximum atomic E-state index is 11.7. The fourth-order valence-electron chi connectivity index (χ4n) is 1.54. The lowest BCUT2D eigenvalue weighted by molar-refractivity contribution is -0.121. The Morgan fingerprint density at radius 3 is 2.72 bits per heavy atom. The van der Waals surface area contributed by atoms with Gasteiger partial charge in [-0.15, -0.1) is 0 Å². The maximum absolute atomic E-state index is 11.7. The van der Waals surface area contributed by atoms with Crippen molar-refractivity contribution in [3.8, 4) is 0 Å². The smallest absolute Gasteiger partial charge is 0.340 e. The zero-order valence-electron chi connectivity index (χ0n) is 10.2. The van der Waals surface area contributed by atoms with Gasteiger partial charge in [0.25, 0.3) is 0 Å². The van der Waals surface area contributed by atoms with E-state index >= 15 is 0 Å². The molecule has 0 aliphatic heterocycles. The minimum absolute atomic E-state index is 0.111. The van der Waals surface area contributed by atoms with Crippen LogP contribution in [0.15, 0.2) is 0 Å². The Balaban J connectivity index is 2.03. The largest absolute Gasteiger partial charge is 0.478 e. The predicted octanol–water partition coefficient (Wildman–Crippen LogP) is 1.23. The van der Waals surface area contributed by atoms with E-state index < -0.39 is 12.0 Å². The highest BCUT2D eigenvalue weighted by Crippen LogP contribution is 2.25. The summed E-state index contributed by atoms with van der Waals surface area (Å²) in [5, 5.41) is 15.3. The average molecular weight is 269 g/mol. The number of aromatic carboxylic acids is 1. The second-order valence-electron chi connectivity index (χ2n) is 4.43. The summed E-state index contributed by atoms with van der Waals surface area (Å²) in [5.74, 6) is -1.14. The van der Waals surface area contributed by atoms with Gasteiger partial charge in [-0.3, -0.25) is 4.79 Å². The lowest BCUT2D eigenvalue weighted by Gasteiger charge is -2.13. The van der Waals surface area contributed by atoms with E-state index in [1.54, 1.807) is 13.8 Å². The van der Waals surface area contributed by atoms with Gasteiger partial charge in [0.1, 0.15) is 16.6 Å². The molecule has 0 radical (unpaired) electrons. The standard InChI is InChI=1S/C11H15N3O3S/c1-5-8(11(16)17)10(18-14-5)12-6(2)9(15)13-7-3-4-7/h6-7,12H,3-4H2,1-2H3,(H,13,15)(H,16,17). The lowest BCUT2D eigenvalue weighted by atomic mass is 10.2. The first-order chi connectivity index (χ1) is 8.49. The number of hydrogen-bond donors (Lipinski definition) is 3. The van der Waals surface area contributed by atoms with Crippen molar-refractivity contribution in [2.75, 3.05) is 5.32 Å². The van der Waals surface area contributed by atoms with Gasteiger partial charge in [-0.05, 0) is 38.2 Å². The Hall–Kier alpha value is -1.63. The normalized spacial score (nSPS) is 16.1. The fourth-order valence-corrected chi connectivity index (χ4v) is 2.41. The summed E-state index contributed by atoms with van der Waals surface area (Å²) in [7, 11) is 0. The monoisotopic (exact) mass is 269 g/mol. The van der Waals surface area contributed by atoms with Gasteiger partial charge in [-0.2, -0.15) is 4.37 Å². The summed E-state index contributed by atoms with van der Waals surface area (Å²) >= 11 is 1.06. The molecule has 6 nitrogen and oxygen atoms in total. The molecule has 1 fully saturated rings. The number of hydrogen-bond acceptors (Lipinski definition) is 5. The number of aromatic nitrogens is 1. The fraction of sp³-hybridized carbons (Fsp3) is 0.545. The van der Waals surface area contributed by atoms with Gasteiger partial charge in [0.2, 0.25) is 5.91 Å². The zero-order chi connectivity index (χ0) is 13.3. The van der Waals surface area contributed by atoms with Crippen molar-refractivity contribution in [3.63, 3.8) is 0 Å². The highest BCUT2D eigenvalue weighted by atomic mass is 32.1. The second-order valence-corrected chi connectivity index (χ2v) is 5.20. The highest BCUT2D eigenvalue weighted by molar-refractivity contribution is 7.10. The van der Waals surface area contributed by atoms with E-state index in [1.807, 2.05) is 0 Å². The van der Waals surface area contributed by atoms with Gasteiger partial charge in [0, 0.05) is 6.04 Å². The third kappa shape index (κ3) is 2.79. The van der Waals surface area contributed by atoms with Crippen molar-refractivity contribution >= 4 is 28.4 Å². The molecule has 1 amide bonds. The molecule has 7 heteroatoms. The molecule has 1 aliphatic rings. The third-order valence-corrected chi connectivity index (χ3v) is 3.61. The maximum Gasteiger partial charge on any atom is 0.340 e. The molecular weight excluding hydrogens is 254 g/mol. The van der Waals surface area contributed by atoms with Gasteiger partial charge in [0.05, 0.1) is 5.69 Å². The first-order valence-corrected chi connectivity index (χ1v) is 6.53. The molecule has 0 spiro atoms. The SMILES string of the molecule is Cc1nsc(NC(C)C(=O)NC2CC2)c1C(=O)O. The number of aryl methyl sites for hydroxylation is 1. The molecule has 1 heterocycles. The molecule has 1 aliphatic carbocycles. The van der Waals surface area contributed by atoms with Crippen molar-refractivity contribution in [2.24, 2.45) is 0 Å². The molecule has 0 bridgehead atoms. The number of rotatable bonds is 5. The number of carboxylic acid groups (broad SMARTS) is 1. The van der Waals surface area contributed by atoms with Crippen LogP contribution in [0.2, 0.25) is 0 Å². The first-order valence-electron chi connectivity index (χ1n) is 5.75. The van der Waals surface area contributed by atoms with Crippen LogP contribution >= 0.6 is 11.5 Å². The zero-order valence-corrected chi connectivity index (χ0v) is 11.0. The third-order valence-electron chi connectivity index (χ3n) is 2.74. The lowest BCUT2D eigenvalue weighted by Crippen LogP contribution is -2.38. The minimum atomic E-state index is -1.03. The van der Waals surface area contributed by atoms with Crippen molar-refractivity contribution in [1.29, 1.82) is 0 Å². The molecule has 2 rings (SSSR count). The van der Waals surface area contributed by atoms with E-state index in [-0.39, 0.29) is 11.5 Å². The molecule has 18 heavy (non-hydrogen) atoms. The van der Waals surface area contributed by atoms with E-state index in [9.17, 15) is 9.59 Å². The second kappa shape index (κ2) is 4.93. The average Bonchev–Trinajstić information content (AvgIpc) is 3.02. The Kier molecular flexibility index (Phi) is 3.51. The summed E-state index contributed by atoms with van der Waals surface area (Å²) in [6, 6.07) is -0.174. The van der Waals surface area contributed by atoms with Crippen LogP contribution in [-0.4, -0.2) is 33.4 Å². The topological polar surface area (TPSA) is 91.3 Å². The minimum Gasteiger partial charge on any atom is -0.478 e. The van der Waals surface area contributed by atoms with Gasteiger partial charge in [0.15, 0.2) is 0 Å². The van der Waals surface area contributed by atoms with E-state index in [0.717, 1.165) is 24.4 Å². The van der Waals surface area contributed by atoms with Crippen LogP contribution in [0.25, 0.3) is 0 Å². The number of carbonyl (C=O) groups excluding carboxylic acids is 1. The number of carboxylic acids is 1. The molecule has 1 saturated carbocycles. The number of carbonyl (C=O) groups is 2. The molecule has 1 atom stereocenters. The van der Waals surface area contributed by atoms with Gasteiger partial charge >= 0.3 is 5.97 Å². The van der Waals surface area contributed by atoms with Crippen molar-refractivity contribution in [2.45, 2.75) is 38.8 Å². The number of amides is 1. The van der Waals surface area contributed by atoms with E-state index in [1.165, 1.54) is 0 Å². The summed E-state index contributed by atoms with van der Waals surface area (Å²) < 4.78 is 3.99. The van der Waals surface area contributed by atoms with Crippen LogP contribution in [0.5, 0.6) is 0 Å². The Bertz CT molecular complexity index is 482. The quantitative estimate of drug-likeness (QED) is 0.747. The van der Waals surface area contributed by atoms with Gasteiger partial charge in [-0.25, -0.2) is 4.79 Å². The van der Waals surface area contributed by atoms with E-state index in [0.29, 0.717) is 16.7 Å². The van der Waals surface area contributed by atoms with Crippen LogP contribution in [0.3, 0.4) is 0 Å². The molecule has 0 saturated heterocycles. The Morgan fingerprint density at radius 1 is 1.50 bits per heavy atom. The molecule has 1 unspecified atom stereocenters. The first kappa shape index (κ1) is 12.8. The summed E-state index contributed by atoms with van der Waals surface area (Å²) in [6.45, 7) is 3.35. The molecular formula is C11H15N3O3S. The number of nitrogens with zero attached hydrogens (tertiary/aromatic N) is 1. The van der Waals surface area contributed by atoms with Gasteiger partial charge in [-0.1, -0.05) is 0 Å². The van der Waals surface area contributed by atoms with Crippen LogP contribution in [0.1, 0.15) is 35.8 Å².